The molecule has 16 aromatic rings. The molecule has 0 N–H and O–H groups in total. The van der Waals surface area contributed by atoms with E-state index >= 15 is 0 Å². The van der Waals surface area contributed by atoms with Gasteiger partial charge in [0, 0.05) is 50.6 Å². The Labute approximate surface area is 656 Å². The van der Waals surface area contributed by atoms with Crippen LogP contribution < -0.4 is 46.2 Å². The summed E-state index contributed by atoms with van der Waals surface area (Å²) in [6.07, 6.45) is 4.71. The van der Waals surface area contributed by atoms with E-state index in [1.807, 2.05) is 47.0 Å². The molecule has 488 valence electrons. The maximum atomic E-state index is 11.2. The van der Waals surface area contributed by atoms with Crippen molar-refractivity contribution < 1.29 is 77.9 Å². The smallest absolute Gasteiger partial charge is 0.179 e. The van der Waals surface area contributed by atoms with Crippen molar-refractivity contribution in [2.75, 3.05) is 0 Å². The first-order valence-electron chi connectivity index (χ1n) is 50.0. The maximum Gasteiger partial charge on any atom is 0.179 e. The molecule has 0 aliphatic heterocycles. The summed E-state index contributed by atoms with van der Waals surface area (Å²) in [6.45, 7) is 11.2. The average Bonchev–Trinajstić information content (AvgIpc) is 0.758. The summed E-state index contributed by atoms with van der Waals surface area (Å²) in [7, 11) is -13.2. The number of pyridine rings is 1. The molecule has 0 bridgehead atoms. The third-order valence-corrected chi connectivity index (χ3v) is 25.2. The van der Waals surface area contributed by atoms with Crippen LogP contribution in [-0.4, -0.2) is 35.2 Å². The predicted octanol–water partition coefficient (Wildman–Crippen LogP) is 17.1. The predicted molar refractivity (Wildman–Crippen MR) is 417 cm³/mol. The molecule has 0 saturated carbocycles. The number of rotatable bonds is 15. The molecule has 0 atom stereocenters. The van der Waals surface area contributed by atoms with E-state index < -0.39 is 315 Å². The molecule has 0 aliphatic rings. The molecule has 100 heavy (non-hydrogen) atoms. The maximum absolute atomic E-state index is 11.2. The second kappa shape index (κ2) is 26.8. The van der Waals surface area contributed by atoms with Gasteiger partial charge in [-0.25, -0.2) is 4.98 Å². The standard InChI is InChI=1S/C92H73N4OSi2.Pt/c1-91(2,3)68-55-56-93-88(61-68)96-85-52-26-25-49-81(85)82-54-53-71(63-86(82)96)97-70-34-29-33-69(62-70)95-64-94-90-83(59-67(60-87(90)95)65-31-27-47-78(57-65)98(72-35-13-7-14-36-72,73-37-15-8-16-38-73)74-39-17-9-18-40-74)89-80(50-30-51-84(89)92(4,5)6)66-32-28-48-79(58-66)99(75-41-19-10-20-42-75,76-43-21-11-22-44-76)77-45-23-12-24-46-77;/h7-61H,1-6H3;/q-3;/i7D,8D,9D,10D,11D,12D,13D,14D,15D,16D,17D,18D,19D,20D,21D,22D,23D,24D,27D,28D,31D,32D,35D,36D,37D,38D,39D,40D,41D,42D,43D,44D,45D,46D,47D,48D,57D,58D;. The summed E-state index contributed by atoms with van der Waals surface area (Å²) in [4.78, 5) is 9.77. The van der Waals surface area contributed by atoms with Gasteiger partial charge in [-0.1, -0.05) is 331 Å². The minimum Gasteiger partial charge on any atom is -0.510 e. The third kappa shape index (κ3) is 11.6. The molecule has 0 aliphatic carbocycles. The van der Waals surface area contributed by atoms with E-state index in [0.717, 1.165) is 21.9 Å². The molecule has 0 spiro atoms. The Balaban J connectivity index is 0.0000144. The molecule has 8 heteroatoms. The fraction of sp³-hybridized carbons (Fsp3) is 0.0870. The molecular formula is C92H73N4OPtSi2-3. The van der Waals surface area contributed by atoms with Crippen LogP contribution >= 0.6 is 0 Å². The van der Waals surface area contributed by atoms with Gasteiger partial charge in [-0.3, -0.25) is 0 Å². The minimum absolute atomic E-state index is 0. The van der Waals surface area contributed by atoms with Gasteiger partial charge in [-0.15, -0.1) is 29.3 Å². The van der Waals surface area contributed by atoms with E-state index in [-0.39, 0.29) is 71.4 Å². The van der Waals surface area contributed by atoms with Gasteiger partial charge in [0.15, 0.2) is 16.1 Å². The number of para-hydroxylation sites is 1. The van der Waals surface area contributed by atoms with Crippen molar-refractivity contribution in [3.8, 4) is 56.4 Å². The van der Waals surface area contributed by atoms with E-state index in [9.17, 15) is 43.9 Å². The van der Waals surface area contributed by atoms with Crippen LogP contribution in [0, 0.1) is 18.5 Å². The average molecular weight is 1540 g/mol. The molecule has 3 heterocycles. The van der Waals surface area contributed by atoms with Crippen molar-refractivity contribution in [1.82, 2.24) is 19.1 Å². The zero-order chi connectivity index (χ0) is 100. The zero-order valence-corrected chi connectivity index (χ0v) is 58.1. The molecule has 0 radical (unpaired) electrons. The normalized spacial score (nSPS) is 17.3. The van der Waals surface area contributed by atoms with E-state index in [2.05, 4.69) is 39.2 Å². The first kappa shape index (κ1) is 34.8. The van der Waals surface area contributed by atoms with E-state index in [1.165, 1.54) is 34.9 Å². The third-order valence-electron chi connectivity index (χ3n) is 17.2. The summed E-state index contributed by atoms with van der Waals surface area (Å²) < 4.78 is 378. The molecule has 5 nitrogen and oxygen atoms in total. The Morgan fingerprint density at radius 1 is 0.420 bits per heavy atom. The number of aromatic nitrogens is 4. The number of hydrogen-bond acceptors (Lipinski definition) is 3. The van der Waals surface area contributed by atoms with Crippen LogP contribution in [0.2, 0.25) is 0 Å². The van der Waals surface area contributed by atoms with Gasteiger partial charge in [0.05, 0.1) is 52.1 Å². The SMILES string of the molecule is [2H]c1c([2H])c([2H])c([Si](c2c([2H])c([2H])c([2H])c([2H])c2[2H])(c2c([2H])c([2H])c([2H])c([2H])c2[2H])c2c([2H])c([2H])c([2H])c(-c3cc(-c4c(-c5c([2H])c([2H])c([2H])c([Si](c6c([2H])c([2H])c([2H])c([2H])c6[2H])(c6c([2H])c([2H])c([2H])c([2H])c6[2H])c6c([2H])c([2H])c([2H])c([2H])c6[2H])c5[2H])cccc4C(C)(C)C)c4n[c-]n(-c5[c-]c(Oc6[c-]c7c(cc6)c6ccccc6n7-c6cc(C(C)(C)C)ccn6)ccc5)c4c3)c2[2H])c([2H])c1[2H].[Pt]. The minimum atomic E-state index is -6.62. The fourth-order valence-corrected chi connectivity index (χ4v) is 19.8. The molecular weight excluding hydrogens is 1430 g/mol. The first-order chi connectivity index (χ1) is 64.1. The molecule has 13 aromatic carbocycles. The number of fused-ring (bicyclic) bond motifs is 4. The van der Waals surface area contributed by atoms with Gasteiger partial charge in [-0.2, -0.15) is 24.3 Å². The van der Waals surface area contributed by atoms with Crippen molar-refractivity contribution >= 4 is 90.5 Å². The summed E-state index contributed by atoms with van der Waals surface area (Å²) in [5, 5.41) is -7.67. The van der Waals surface area contributed by atoms with Crippen molar-refractivity contribution in [2.24, 2.45) is 0 Å². The number of imidazole rings is 1. The van der Waals surface area contributed by atoms with Crippen LogP contribution in [0.5, 0.6) is 11.5 Å². The van der Waals surface area contributed by atoms with Crippen LogP contribution in [0.3, 0.4) is 0 Å². The number of benzene rings is 13. The molecule has 0 amide bonds. The van der Waals surface area contributed by atoms with Gasteiger partial charge in [-0.05, 0) is 126 Å². The molecule has 0 saturated heterocycles. The topological polar surface area (TPSA) is 44.9 Å². The summed E-state index contributed by atoms with van der Waals surface area (Å²) >= 11 is 0. The van der Waals surface area contributed by atoms with Gasteiger partial charge in [0.25, 0.3) is 0 Å². The van der Waals surface area contributed by atoms with Crippen LogP contribution in [0.1, 0.15) is 105 Å². The van der Waals surface area contributed by atoms with Gasteiger partial charge in [0.2, 0.25) is 0 Å². The van der Waals surface area contributed by atoms with Crippen molar-refractivity contribution in [1.29, 1.82) is 0 Å². The van der Waals surface area contributed by atoms with Gasteiger partial charge in [0.1, 0.15) is 5.82 Å². The monoisotopic (exact) mass is 1540 g/mol. The molecule has 0 unspecified atom stereocenters. The molecule has 3 aromatic heterocycles. The largest absolute Gasteiger partial charge is 0.510 e. The Kier molecular flexibility index (Phi) is 9.33. The number of nitrogens with zero attached hydrogens (tertiary/aromatic N) is 4. The Bertz CT molecular complexity index is 7540. The van der Waals surface area contributed by atoms with E-state index in [4.69, 9.17) is 22.9 Å². The number of hydrogen-bond donors (Lipinski definition) is 0. The van der Waals surface area contributed by atoms with Crippen molar-refractivity contribution in [2.45, 2.75) is 52.4 Å². The molecule has 0 fully saturated rings. The van der Waals surface area contributed by atoms with Crippen molar-refractivity contribution in [3.05, 3.63) is 362 Å². The summed E-state index contributed by atoms with van der Waals surface area (Å²) in [5.41, 5.74) is -2.64. The second-order valence-electron chi connectivity index (χ2n) is 25.0. The quantitative estimate of drug-likeness (QED) is 0.0584. The first-order valence-corrected chi connectivity index (χ1v) is 35.0. The Morgan fingerprint density at radius 2 is 0.930 bits per heavy atom. The van der Waals surface area contributed by atoms with E-state index in [0.29, 0.717) is 11.3 Å². The summed E-state index contributed by atoms with van der Waals surface area (Å²) in [6, 6.07) is -13.8. The van der Waals surface area contributed by atoms with Crippen LogP contribution in [-0.2, 0) is 31.9 Å². The zero-order valence-electron chi connectivity index (χ0n) is 91.8. The van der Waals surface area contributed by atoms with Crippen molar-refractivity contribution in [3.63, 3.8) is 0 Å². The van der Waals surface area contributed by atoms with Crippen LogP contribution in [0.15, 0.2) is 333 Å². The number of ether oxygens (including phenoxy) is 1. The fourth-order valence-electron chi connectivity index (χ4n) is 12.6. The van der Waals surface area contributed by atoms with Gasteiger partial charge < -0.3 is 18.9 Å². The van der Waals surface area contributed by atoms with Crippen LogP contribution in [0.25, 0.3) is 77.7 Å². The Hall–Kier alpha value is -10.8. The second-order valence-corrected chi connectivity index (χ2v) is 32.0. The van der Waals surface area contributed by atoms with Gasteiger partial charge >= 0.3 is 0 Å². The Morgan fingerprint density at radius 3 is 1.48 bits per heavy atom. The molecule has 16 rings (SSSR count). The summed E-state index contributed by atoms with van der Waals surface area (Å²) in [5.74, 6) is 0.705. The van der Waals surface area contributed by atoms with E-state index in [1.54, 1.807) is 51.2 Å². The van der Waals surface area contributed by atoms with Crippen LogP contribution in [0.4, 0.5) is 0 Å².